The fraction of sp³-hybridized carbons (Fsp3) is 0.286. The van der Waals surface area contributed by atoms with Crippen LogP contribution in [-0.2, 0) is 11.3 Å². The van der Waals surface area contributed by atoms with E-state index in [2.05, 4.69) is 19.2 Å². The van der Waals surface area contributed by atoms with Gasteiger partial charge in [-0.1, -0.05) is 35.3 Å². The summed E-state index contributed by atoms with van der Waals surface area (Å²) in [6.07, 6.45) is 3.06. The third-order valence-corrected chi connectivity index (χ3v) is 4.83. The van der Waals surface area contributed by atoms with E-state index in [-0.39, 0.29) is 5.91 Å². The van der Waals surface area contributed by atoms with Gasteiger partial charge in [0.15, 0.2) is 0 Å². The number of nitrogens with one attached hydrogen (secondary N) is 2. The predicted octanol–water partition coefficient (Wildman–Crippen LogP) is 4.08. The Kier molecular flexibility index (Phi) is 8.17. The number of rotatable bonds is 8. The second-order valence-electron chi connectivity index (χ2n) is 6.16. The molecule has 0 aliphatic heterocycles. The molecule has 2 aromatic rings. The molecule has 2 aromatic carbocycles. The maximum Gasteiger partial charge on any atom is 0.248 e. The second kappa shape index (κ2) is 10.4. The molecule has 0 aliphatic carbocycles. The van der Waals surface area contributed by atoms with Gasteiger partial charge in [0.25, 0.3) is 0 Å². The van der Waals surface area contributed by atoms with Crippen LogP contribution in [0.5, 0.6) is 5.75 Å². The third-order valence-electron chi connectivity index (χ3n) is 4.33. The number of hydrogen-bond donors (Lipinski definition) is 2. The summed E-state index contributed by atoms with van der Waals surface area (Å²) < 4.78 is 5.27. The monoisotopic (exact) mass is 407 g/mol. The number of benzene rings is 2. The van der Waals surface area contributed by atoms with Crippen LogP contribution in [0.25, 0.3) is 6.08 Å². The van der Waals surface area contributed by atoms with E-state index in [4.69, 9.17) is 27.9 Å². The van der Waals surface area contributed by atoms with Gasteiger partial charge in [-0.2, -0.15) is 0 Å². The van der Waals surface area contributed by atoms with E-state index in [9.17, 15) is 4.79 Å². The molecule has 0 aromatic heterocycles. The molecule has 0 saturated carbocycles. The van der Waals surface area contributed by atoms with Crippen molar-refractivity contribution in [1.82, 2.24) is 0 Å². The first-order valence-electron chi connectivity index (χ1n) is 8.91. The lowest BCUT2D eigenvalue weighted by Crippen LogP contribution is -3.10. The maximum absolute atomic E-state index is 12.2. The summed E-state index contributed by atoms with van der Waals surface area (Å²) in [6, 6.07) is 11.2. The minimum Gasteiger partial charge on any atom is -0.495 e. The van der Waals surface area contributed by atoms with Crippen LogP contribution in [0.2, 0.25) is 10.0 Å². The number of amides is 1. The Morgan fingerprint density at radius 1 is 1.15 bits per heavy atom. The van der Waals surface area contributed by atoms with Crippen LogP contribution in [0.1, 0.15) is 25.0 Å². The summed E-state index contributed by atoms with van der Waals surface area (Å²) in [5, 5.41) is 3.73. The fourth-order valence-corrected chi connectivity index (χ4v) is 3.35. The molecule has 144 valence electrons. The van der Waals surface area contributed by atoms with Crippen molar-refractivity contribution in [2.24, 2.45) is 0 Å². The van der Waals surface area contributed by atoms with Crippen molar-refractivity contribution in [2.45, 2.75) is 20.4 Å². The van der Waals surface area contributed by atoms with E-state index >= 15 is 0 Å². The largest absolute Gasteiger partial charge is 0.495 e. The number of carbonyl (C=O) groups excluding carboxylic acids is 1. The Morgan fingerprint density at radius 2 is 1.81 bits per heavy atom. The third kappa shape index (κ3) is 6.28. The SMILES string of the molecule is CC[NH+](CC)Cc1ccc(NC(=O)/C=C/c2cc(Cl)cc(Cl)c2OC)cc1. The summed E-state index contributed by atoms with van der Waals surface area (Å²) in [6.45, 7) is 7.54. The average molecular weight is 408 g/mol. The quantitative estimate of drug-likeness (QED) is 0.647. The standard InChI is InChI=1S/C21H24Cl2N2O2/c1-4-25(5-2)14-15-6-9-18(10-7-15)24-20(26)11-8-16-12-17(22)13-19(23)21(16)27-3/h6-13H,4-5,14H2,1-3H3,(H,24,26)/p+1/b11-8+. The van der Waals surface area contributed by atoms with Gasteiger partial charge >= 0.3 is 0 Å². The van der Waals surface area contributed by atoms with Crippen LogP contribution in [-0.4, -0.2) is 26.1 Å². The fourth-order valence-electron chi connectivity index (χ4n) is 2.76. The van der Waals surface area contributed by atoms with Crippen LogP contribution in [0.15, 0.2) is 42.5 Å². The molecule has 6 heteroatoms. The Morgan fingerprint density at radius 3 is 2.41 bits per heavy atom. The molecule has 0 radical (unpaired) electrons. The zero-order valence-corrected chi connectivity index (χ0v) is 17.3. The minimum absolute atomic E-state index is 0.240. The van der Waals surface area contributed by atoms with Crippen molar-refractivity contribution >= 4 is 40.9 Å². The molecular weight excluding hydrogens is 383 g/mol. The van der Waals surface area contributed by atoms with Gasteiger partial charge in [0.05, 0.1) is 25.2 Å². The summed E-state index contributed by atoms with van der Waals surface area (Å²) in [5.41, 5.74) is 2.64. The van der Waals surface area contributed by atoms with Gasteiger partial charge in [-0.3, -0.25) is 4.79 Å². The van der Waals surface area contributed by atoms with Crippen molar-refractivity contribution in [3.8, 4) is 5.75 Å². The van der Waals surface area contributed by atoms with E-state index in [1.807, 2.05) is 24.3 Å². The molecule has 2 rings (SSSR count). The van der Waals surface area contributed by atoms with Crippen molar-refractivity contribution in [2.75, 3.05) is 25.5 Å². The highest BCUT2D eigenvalue weighted by molar-refractivity contribution is 6.36. The minimum atomic E-state index is -0.240. The Hall–Kier alpha value is -2.01. The summed E-state index contributed by atoms with van der Waals surface area (Å²) in [5.74, 6) is 0.239. The molecule has 0 unspecified atom stereocenters. The summed E-state index contributed by atoms with van der Waals surface area (Å²) in [4.78, 5) is 13.7. The Bertz CT molecular complexity index is 801. The van der Waals surface area contributed by atoms with Gasteiger partial charge in [-0.15, -0.1) is 0 Å². The maximum atomic E-state index is 12.2. The van der Waals surface area contributed by atoms with Gasteiger partial charge in [-0.05, 0) is 44.2 Å². The zero-order valence-electron chi connectivity index (χ0n) is 15.8. The van der Waals surface area contributed by atoms with Crippen molar-refractivity contribution in [1.29, 1.82) is 0 Å². The van der Waals surface area contributed by atoms with Gasteiger partial charge in [0.2, 0.25) is 5.91 Å². The number of quaternary nitrogens is 1. The molecule has 0 aliphatic rings. The normalized spacial score (nSPS) is 11.2. The smallest absolute Gasteiger partial charge is 0.248 e. The van der Waals surface area contributed by atoms with Gasteiger partial charge in [0.1, 0.15) is 12.3 Å². The first kappa shape index (κ1) is 21.3. The number of halogens is 2. The summed E-state index contributed by atoms with van der Waals surface area (Å²) in [7, 11) is 1.52. The zero-order chi connectivity index (χ0) is 19.8. The summed E-state index contributed by atoms with van der Waals surface area (Å²) >= 11 is 12.1. The lowest BCUT2D eigenvalue weighted by Gasteiger charge is -2.15. The van der Waals surface area contributed by atoms with Crippen LogP contribution in [0.3, 0.4) is 0 Å². The lowest BCUT2D eigenvalue weighted by molar-refractivity contribution is -0.910. The molecule has 0 fully saturated rings. The number of carbonyl (C=O) groups is 1. The average Bonchev–Trinajstić information content (AvgIpc) is 2.65. The second-order valence-corrected chi connectivity index (χ2v) is 7.01. The highest BCUT2D eigenvalue weighted by Crippen LogP contribution is 2.32. The first-order chi connectivity index (χ1) is 13.0. The molecule has 0 bridgehead atoms. The number of ether oxygens (including phenoxy) is 1. The highest BCUT2D eigenvalue weighted by Gasteiger charge is 2.08. The van der Waals surface area contributed by atoms with E-state index in [0.717, 1.165) is 25.3 Å². The molecule has 2 N–H and O–H groups in total. The number of hydrogen-bond acceptors (Lipinski definition) is 2. The topological polar surface area (TPSA) is 42.8 Å². The molecular formula is C21H25Cl2N2O2+. The number of anilines is 1. The van der Waals surface area contributed by atoms with E-state index in [1.165, 1.54) is 23.6 Å². The van der Waals surface area contributed by atoms with Gasteiger partial charge in [-0.25, -0.2) is 0 Å². The Labute approximate surface area is 170 Å². The van der Waals surface area contributed by atoms with Gasteiger partial charge < -0.3 is 15.0 Å². The predicted molar refractivity (Wildman–Crippen MR) is 113 cm³/mol. The van der Waals surface area contributed by atoms with Crippen molar-refractivity contribution in [3.05, 3.63) is 63.6 Å². The molecule has 0 saturated heterocycles. The molecule has 1 amide bonds. The molecule has 4 nitrogen and oxygen atoms in total. The first-order valence-corrected chi connectivity index (χ1v) is 9.67. The molecule has 0 heterocycles. The van der Waals surface area contributed by atoms with Crippen LogP contribution in [0.4, 0.5) is 5.69 Å². The molecule has 27 heavy (non-hydrogen) atoms. The van der Waals surface area contributed by atoms with E-state index in [0.29, 0.717) is 21.4 Å². The van der Waals surface area contributed by atoms with Crippen LogP contribution >= 0.6 is 23.2 Å². The van der Waals surface area contributed by atoms with Crippen LogP contribution in [0, 0.1) is 0 Å². The highest BCUT2D eigenvalue weighted by atomic mass is 35.5. The Balaban J connectivity index is 2.03. The molecule has 0 atom stereocenters. The molecule has 0 spiro atoms. The van der Waals surface area contributed by atoms with Crippen LogP contribution < -0.4 is 15.0 Å². The van der Waals surface area contributed by atoms with Gasteiger partial charge in [0, 0.05) is 27.9 Å². The van der Waals surface area contributed by atoms with Crippen molar-refractivity contribution in [3.63, 3.8) is 0 Å². The number of methoxy groups -OCH3 is 1. The van der Waals surface area contributed by atoms with E-state index in [1.54, 1.807) is 18.2 Å². The lowest BCUT2D eigenvalue weighted by atomic mass is 10.1. The van der Waals surface area contributed by atoms with E-state index < -0.39 is 0 Å². The van der Waals surface area contributed by atoms with Crippen molar-refractivity contribution < 1.29 is 14.4 Å².